The van der Waals surface area contributed by atoms with Crippen LogP contribution in [0.4, 0.5) is 8.78 Å². The Kier molecular flexibility index (Phi) is 3.13. The number of nitrogens with zero attached hydrogens (tertiary/aromatic N) is 2. The SMILES string of the molecule is O=C(O)c1nn(Cc2c(F)cccc2F)c2ccccc12. The summed E-state index contributed by atoms with van der Waals surface area (Å²) in [6.07, 6.45) is 0. The average Bonchev–Trinajstić information content (AvgIpc) is 2.82. The Morgan fingerprint density at radius 2 is 1.76 bits per heavy atom. The third kappa shape index (κ3) is 2.24. The standard InChI is InChI=1S/C15H10F2N2O2/c16-11-5-3-6-12(17)10(11)8-19-13-7-2-1-4-9(13)14(18-19)15(20)21/h1-7H,8H2,(H,20,21). The molecule has 0 saturated heterocycles. The van der Waals surface area contributed by atoms with E-state index in [1.165, 1.54) is 10.7 Å². The molecule has 4 nitrogen and oxygen atoms in total. The Morgan fingerprint density at radius 1 is 1.10 bits per heavy atom. The van der Waals surface area contributed by atoms with E-state index in [-0.39, 0.29) is 17.8 Å². The van der Waals surface area contributed by atoms with Crippen molar-refractivity contribution in [1.29, 1.82) is 0 Å². The van der Waals surface area contributed by atoms with E-state index in [1.807, 2.05) is 0 Å². The van der Waals surface area contributed by atoms with Gasteiger partial charge in [0.1, 0.15) is 11.6 Å². The van der Waals surface area contributed by atoms with E-state index in [1.54, 1.807) is 24.3 Å². The normalized spacial score (nSPS) is 11.0. The first-order chi connectivity index (χ1) is 10.1. The topological polar surface area (TPSA) is 55.1 Å². The van der Waals surface area contributed by atoms with Crippen LogP contribution in [-0.4, -0.2) is 20.9 Å². The zero-order chi connectivity index (χ0) is 15.0. The molecule has 0 unspecified atom stereocenters. The summed E-state index contributed by atoms with van der Waals surface area (Å²) in [5.74, 6) is -2.56. The second-order valence-electron chi connectivity index (χ2n) is 4.53. The van der Waals surface area contributed by atoms with E-state index < -0.39 is 17.6 Å². The monoisotopic (exact) mass is 288 g/mol. The second-order valence-corrected chi connectivity index (χ2v) is 4.53. The van der Waals surface area contributed by atoms with Gasteiger partial charge in [-0.15, -0.1) is 0 Å². The van der Waals surface area contributed by atoms with Gasteiger partial charge in [0.05, 0.1) is 12.1 Å². The molecular weight excluding hydrogens is 278 g/mol. The molecule has 0 radical (unpaired) electrons. The molecular formula is C15H10F2N2O2. The van der Waals surface area contributed by atoms with Crippen LogP contribution in [0.5, 0.6) is 0 Å². The quantitative estimate of drug-likeness (QED) is 0.806. The summed E-state index contributed by atoms with van der Waals surface area (Å²) >= 11 is 0. The number of carbonyl (C=O) groups is 1. The number of halogens is 2. The number of aromatic carboxylic acids is 1. The highest BCUT2D eigenvalue weighted by Crippen LogP contribution is 2.21. The zero-order valence-corrected chi connectivity index (χ0v) is 10.8. The largest absolute Gasteiger partial charge is 0.476 e. The van der Waals surface area contributed by atoms with Crippen LogP contribution in [0.3, 0.4) is 0 Å². The lowest BCUT2D eigenvalue weighted by Crippen LogP contribution is -2.07. The predicted molar refractivity (Wildman–Crippen MR) is 72.2 cm³/mol. The Morgan fingerprint density at radius 3 is 2.43 bits per heavy atom. The van der Waals surface area contributed by atoms with Gasteiger partial charge in [-0.2, -0.15) is 5.10 Å². The summed E-state index contributed by atoms with van der Waals surface area (Å²) in [5, 5.41) is 13.5. The summed E-state index contributed by atoms with van der Waals surface area (Å²) in [6, 6.07) is 10.3. The van der Waals surface area contributed by atoms with Gasteiger partial charge in [0, 0.05) is 10.9 Å². The first-order valence-electron chi connectivity index (χ1n) is 6.19. The molecule has 1 N–H and O–H groups in total. The lowest BCUT2D eigenvalue weighted by Gasteiger charge is -2.06. The number of fused-ring (bicyclic) bond motifs is 1. The maximum Gasteiger partial charge on any atom is 0.357 e. The molecule has 0 fully saturated rings. The maximum atomic E-state index is 13.7. The molecule has 21 heavy (non-hydrogen) atoms. The molecule has 1 aromatic heterocycles. The number of hydrogen-bond donors (Lipinski definition) is 1. The highest BCUT2D eigenvalue weighted by Gasteiger charge is 2.17. The van der Waals surface area contributed by atoms with Crippen molar-refractivity contribution in [1.82, 2.24) is 9.78 Å². The molecule has 2 aromatic carbocycles. The molecule has 106 valence electrons. The molecule has 0 aliphatic carbocycles. The third-order valence-corrected chi connectivity index (χ3v) is 3.23. The number of aromatic nitrogens is 2. The van der Waals surface area contributed by atoms with Gasteiger partial charge >= 0.3 is 5.97 Å². The molecule has 0 amide bonds. The van der Waals surface area contributed by atoms with E-state index in [0.29, 0.717) is 10.9 Å². The molecule has 3 rings (SSSR count). The number of para-hydroxylation sites is 1. The molecule has 0 aliphatic heterocycles. The van der Waals surface area contributed by atoms with E-state index in [0.717, 1.165) is 12.1 Å². The van der Waals surface area contributed by atoms with Gasteiger partial charge < -0.3 is 5.11 Å². The zero-order valence-electron chi connectivity index (χ0n) is 10.8. The van der Waals surface area contributed by atoms with Crippen LogP contribution in [0.2, 0.25) is 0 Å². The summed E-state index contributed by atoms with van der Waals surface area (Å²) in [7, 11) is 0. The van der Waals surface area contributed by atoms with Crippen molar-refractivity contribution in [2.45, 2.75) is 6.54 Å². The highest BCUT2D eigenvalue weighted by atomic mass is 19.1. The van der Waals surface area contributed by atoms with Crippen LogP contribution in [-0.2, 0) is 6.54 Å². The molecule has 3 aromatic rings. The molecule has 6 heteroatoms. The minimum absolute atomic E-state index is 0.137. The van der Waals surface area contributed by atoms with Crippen LogP contribution in [0.25, 0.3) is 10.9 Å². The lowest BCUT2D eigenvalue weighted by atomic mass is 10.2. The van der Waals surface area contributed by atoms with Crippen LogP contribution in [0.1, 0.15) is 16.1 Å². The van der Waals surface area contributed by atoms with Crippen molar-refractivity contribution in [2.75, 3.05) is 0 Å². The van der Waals surface area contributed by atoms with Crippen molar-refractivity contribution in [3.05, 3.63) is 65.4 Å². The fourth-order valence-electron chi connectivity index (χ4n) is 2.24. The molecule has 1 heterocycles. The Balaban J connectivity index is 2.15. The summed E-state index contributed by atoms with van der Waals surface area (Å²) in [4.78, 5) is 11.2. The average molecular weight is 288 g/mol. The smallest absolute Gasteiger partial charge is 0.357 e. The molecule has 0 bridgehead atoms. The van der Waals surface area contributed by atoms with Crippen molar-refractivity contribution in [3.8, 4) is 0 Å². The third-order valence-electron chi connectivity index (χ3n) is 3.23. The van der Waals surface area contributed by atoms with Gasteiger partial charge in [0.2, 0.25) is 0 Å². The van der Waals surface area contributed by atoms with Crippen molar-refractivity contribution < 1.29 is 18.7 Å². The van der Waals surface area contributed by atoms with Gasteiger partial charge in [-0.3, -0.25) is 4.68 Å². The van der Waals surface area contributed by atoms with Crippen LogP contribution < -0.4 is 0 Å². The van der Waals surface area contributed by atoms with Crippen molar-refractivity contribution in [2.24, 2.45) is 0 Å². The fourth-order valence-corrected chi connectivity index (χ4v) is 2.24. The number of hydrogen-bond acceptors (Lipinski definition) is 2. The van der Waals surface area contributed by atoms with Gasteiger partial charge in [0.25, 0.3) is 0 Å². The Hall–Kier alpha value is -2.76. The van der Waals surface area contributed by atoms with Gasteiger partial charge in [-0.1, -0.05) is 24.3 Å². The molecule has 0 aliphatic rings. The van der Waals surface area contributed by atoms with E-state index >= 15 is 0 Å². The molecule has 0 saturated carbocycles. The number of carboxylic acids is 1. The van der Waals surface area contributed by atoms with Crippen LogP contribution in [0, 0.1) is 11.6 Å². The summed E-state index contributed by atoms with van der Waals surface area (Å²) in [6.45, 7) is -0.174. The van der Waals surface area contributed by atoms with E-state index in [2.05, 4.69) is 5.10 Å². The van der Waals surface area contributed by atoms with Gasteiger partial charge in [-0.05, 0) is 18.2 Å². The lowest BCUT2D eigenvalue weighted by molar-refractivity contribution is 0.0691. The number of carboxylic acid groups (broad SMARTS) is 1. The van der Waals surface area contributed by atoms with Crippen LogP contribution in [0.15, 0.2) is 42.5 Å². The summed E-state index contributed by atoms with van der Waals surface area (Å²) < 4.78 is 28.7. The van der Waals surface area contributed by atoms with Crippen molar-refractivity contribution in [3.63, 3.8) is 0 Å². The van der Waals surface area contributed by atoms with Crippen LogP contribution >= 0.6 is 0 Å². The van der Waals surface area contributed by atoms with Gasteiger partial charge in [0.15, 0.2) is 5.69 Å². The van der Waals surface area contributed by atoms with Crippen molar-refractivity contribution >= 4 is 16.9 Å². The first-order valence-corrected chi connectivity index (χ1v) is 6.19. The van der Waals surface area contributed by atoms with Gasteiger partial charge in [-0.25, -0.2) is 13.6 Å². The predicted octanol–water partition coefficient (Wildman–Crippen LogP) is 3.06. The minimum Gasteiger partial charge on any atom is -0.476 e. The maximum absolute atomic E-state index is 13.7. The molecule has 0 spiro atoms. The minimum atomic E-state index is -1.18. The fraction of sp³-hybridized carbons (Fsp3) is 0.0667. The molecule has 0 atom stereocenters. The first kappa shape index (κ1) is 13.2. The summed E-state index contributed by atoms with van der Waals surface area (Å²) in [5.41, 5.74) is 0.225. The Bertz CT molecular complexity index is 823. The number of rotatable bonds is 3. The number of benzene rings is 2. The Labute approximate surface area is 118 Å². The second kappa shape index (κ2) is 4.97. The van der Waals surface area contributed by atoms with E-state index in [9.17, 15) is 13.6 Å². The van der Waals surface area contributed by atoms with E-state index in [4.69, 9.17) is 5.11 Å². The highest BCUT2D eigenvalue weighted by molar-refractivity contribution is 6.01.